The van der Waals surface area contributed by atoms with E-state index in [2.05, 4.69) is 0 Å². The number of urea groups is 1. The summed E-state index contributed by atoms with van der Waals surface area (Å²) in [6.45, 7) is 8.04. The summed E-state index contributed by atoms with van der Waals surface area (Å²) in [5.74, 6) is 0. The Morgan fingerprint density at radius 2 is 1.44 bits per heavy atom. The highest BCUT2D eigenvalue weighted by molar-refractivity contribution is 5.75. The number of hydrogen-bond acceptors (Lipinski definition) is 3. The van der Waals surface area contributed by atoms with E-state index in [0.29, 0.717) is 39.5 Å². The van der Waals surface area contributed by atoms with E-state index in [4.69, 9.17) is 9.47 Å². The second kappa shape index (κ2) is 5.01. The fourth-order valence-electron chi connectivity index (χ4n) is 2.19. The fraction of sp³-hybridized carbons (Fsp3) is 0.909. The Balaban J connectivity index is 1.99. The number of morpholine rings is 2. The van der Waals surface area contributed by atoms with E-state index in [-0.39, 0.29) is 18.1 Å². The summed E-state index contributed by atoms with van der Waals surface area (Å²) in [5, 5.41) is 0. The molecule has 0 aromatic heterocycles. The van der Waals surface area contributed by atoms with Crippen LogP contribution in [0.4, 0.5) is 4.79 Å². The molecule has 2 amide bonds. The minimum Gasteiger partial charge on any atom is -0.377 e. The van der Waals surface area contributed by atoms with Crippen LogP contribution in [-0.2, 0) is 9.47 Å². The van der Waals surface area contributed by atoms with Crippen LogP contribution in [0.3, 0.4) is 0 Å². The van der Waals surface area contributed by atoms with Crippen LogP contribution in [0.1, 0.15) is 13.8 Å². The van der Waals surface area contributed by atoms with Crippen LogP contribution in [0, 0.1) is 0 Å². The lowest BCUT2D eigenvalue weighted by molar-refractivity contribution is -0.0180. The monoisotopic (exact) mass is 228 g/mol. The van der Waals surface area contributed by atoms with Crippen molar-refractivity contribution in [3.63, 3.8) is 0 Å². The average Bonchev–Trinajstić information content (AvgIpc) is 2.29. The number of rotatable bonds is 0. The van der Waals surface area contributed by atoms with Crippen LogP contribution in [-0.4, -0.2) is 67.4 Å². The zero-order valence-electron chi connectivity index (χ0n) is 10.0. The molecule has 2 rings (SSSR count). The van der Waals surface area contributed by atoms with E-state index < -0.39 is 0 Å². The lowest BCUT2D eigenvalue weighted by atomic mass is 10.2. The Hall–Kier alpha value is -0.810. The standard InChI is InChI=1S/C11H20N2O3/c1-9-7-15-5-3-12(9)11(14)13-4-6-16-8-10(13)2/h9-10H,3-8H2,1-2H3. The molecule has 0 N–H and O–H groups in total. The molecule has 2 aliphatic rings. The Kier molecular flexibility index (Phi) is 3.66. The van der Waals surface area contributed by atoms with Crippen molar-refractivity contribution in [1.29, 1.82) is 0 Å². The van der Waals surface area contributed by atoms with Gasteiger partial charge < -0.3 is 19.3 Å². The maximum Gasteiger partial charge on any atom is 0.320 e. The van der Waals surface area contributed by atoms with Crippen molar-refractivity contribution in [3.8, 4) is 0 Å². The zero-order chi connectivity index (χ0) is 11.5. The van der Waals surface area contributed by atoms with Crippen LogP contribution in [0.5, 0.6) is 0 Å². The molecule has 0 radical (unpaired) electrons. The normalized spacial score (nSPS) is 31.6. The third-order valence-corrected chi connectivity index (χ3v) is 3.23. The largest absolute Gasteiger partial charge is 0.377 e. The number of nitrogens with zero attached hydrogens (tertiary/aromatic N) is 2. The molecule has 16 heavy (non-hydrogen) atoms. The second-order valence-electron chi connectivity index (χ2n) is 4.52. The van der Waals surface area contributed by atoms with Crippen molar-refractivity contribution in [2.24, 2.45) is 0 Å². The van der Waals surface area contributed by atoms with E-state index in [9.17, 15) is 4.79 Å². The lowest BCUT2D eigenvalue weighted by Crippen LogP contribution is -2.57. The summed E-state index contributed by atoms with van der Waals surface area (Å²) < 4.78 is 10.7. The van der Waals surface area contributed by atoms with Gasteiger partial charge in [-0.1, -0.05) is 0 Å². The molecule has 0 bridgehead atoms. The van der Waals surface area contributed by atoms with Gasteiger partial charge in [0.1, 0.15) is 0 Å². The van der Waals surface area contributed by atoms with Gasteiger partial charge in [-0.25, -0.2) is 4.79 Å². The molecule has 0 aliphatic carbocycles. The first-order chi connectivity index (χ1) is 7.70. The predicted molar refractivity (Wildman–Crippen MR) is 59.4 cm³/mol. The predicted octanol–water partition coefficient (Wildman–Crippen LogP) is 0.548. The summed E-state index contributed by atoms with van der Waals surface area (Å²) in [7, 11) is 0. The molecule has 2 heterocycles. The van der Waals surface area contributed by atoms with Crippen LogP contribution in [0.2, 0.25) is 0 Å². The Bertz CT molecular complexity index is 236. The van der Waals surface area contributed by atoms with E-state index >= 15 is 0 Å². The molecule has 92 valence electrons. The van der Waals surface area contributed by atoms with Gasteiger partial charge in [-0.15, -0.1) is 0 Å². The summed E-state index contributed by atoms with van der Waals surface area (Å²) >= 11 is 0. The summed E-state index contributed by atoms with van der Waals surface area (Å²) in [6.07, 6.45) is 0. The quantitative estimate of drug-likeness (QED) is 0.608. The lowest BCUT2D eigenvalue weighted by Gasteiger charge is -2.41. The molecule has 0 aromatic carbocycles. The van der Waals surface area contributed by atoms with Crippen LogP contribution < -0.4 is 0 Å². The number of carbonyl (C=O) groups is 1. The van der Waals surface area contributed by atoms with Gasteiger partial charge in [-0.3, -0.25) is 0 Å². The molecule has 2 saturated heterocycles. The van der Waals surface area contributed by atoms with Gasteiger partial charge in [0.25, 0.3) is 0 Å². The first kappa shape index (κ1) is 11.7. The number of carbonyl (C=O) groups excluding carboxylic acids is 1. The first-order valence-corrected chi connectivity index (χ1v) is 5.93. The van der Waals surface area contributed by atoms with Gasteiger partial charge in [0.05, 0.1) is 38.5 Å². The smallest absolute Gasteiger partial charge is 0.320 e. The highest BCUT2D eigenvalue weighted by Crippen LogP contribution is 2.14. The molecular weight excluding hydrogens is 208 g/mol. The van der Waals surface area contributed by atoms with Gasteiger partial charge >= 0.3 is 6.03 Å². The van der Waals surface area contributed by atoms with E-state index in [1.807, 2.05) is 23.6 Å². The van der Waals surface area contributed by atoms with Crippen LogP contribution >= 0.6 is 0 Å². The zero-order valence-corrected chi connectivity index (χ0v) is 10.0. The topological polar surface area (TPSA) is 42.0 Å². The molecule has 0 saturated carbocycles. The molecule has 0 spiro atoms. The van der Waals surface area contributed by atoms with Gasteiger partial charge in [0, 0.05) is 13.1 Å². The van der Waals surface area contributed by atoms with Crippen molar-refractivity contribution >= 4 is 6.03 Å². The first-order valence-electron chi connectivity index (χ1n) is 5.93. The highest BCUT2D eigenvalue weighted by Gasteiger charge is 2.31. The molecule has 5 nitrogen and oxygen atoms in total. The molecule has 0 aromatic rings. The molecule has 2 aliphatic heterocycles. The van der Waals surface area contributed by atoms with E-state index in [1.165, 1.54) is 0 Å². The SMILES string of the molecule is CC1COCCN1C(=O)N1CCOCC1C. The van der Waals surface area contributed by atoms with Gasteiger partial charge in [0.2, 0.25) is 0 Å². The van der Waals surface area contributed by atoms with Crippen molar-refractivity contribution < 1.29 is 14.3 Å². The van der Waals surface area contributed by atoms with Crippen molar-refractivity contribution in [3.05, 3.63) is 0 Å². The maximum absolute atomic E-state index is 12.3. The molecule has 5 heteroatoms. The summed E-state index contributed by atoms with van der Waals surface area (Å²) in [5.41, 5.74) is 0. The molecule has 2 atom stereocenters. The Morgan fingerprint density at radius 3 is 1.81 bits per heavy atom. The number of hydrogen-bond donors (Lipinski definition) is 0. The maximum atomic E-state index is 12.3. The van der Waals surface area contributed by atoms with Crippen LogP contribution in [0.15, 0.2) is 0 Å². The van der Waals surface area contributed by atoms with Gasteiger partial charge in [0.15, 0.2) is 0 Å². The molecule has 2 fully saturated rings. The second-order valence-corrected chi connectivity index (χ2v) is 4.52. The Morgan fingerprint density at radius 1 is 1.00 bits per heavy atom. The van der Waals surface area contributed by atoms with Gasteiger partial charge in [-0.2, -0.15) is 0 Å². The molecule has 2 unspecified atom stereocenters. The molecular formula is C11H20N2O3. The summed E-state index contributed by atoms with van der Waals surface area (Å²) in [6, 6.07) is 0.485. The van der Waals surface area contributed by atoms with Crippen molar-refractivity contribution in [2.45, 2.75) is 25.9 Å². The van der Waals surface area contributed by atoms with E-state index in [1.54, 1.807) is 0 Å². The summed E-state index contributed by atoms with van der Waals surface area (Å²) in [4.78, 5) is 16.1. The third-order valence-electron chi connectivity index (χ3n) is 3.23. The van der Waals surface area contributed by atoms with Crippen molar-refractivity contribution in [1.82, 2.24) is 9.80 Å². The van der Waals surface area contributed by atoms with E-state index in [0.717, 1.165) is 0 Å². The number of ether oxygens (including phenoxy) is 2. The van der Waals surface area contributed by atoms with Crippen molar-refractivity contribution in [2.75, 3.05) is 39.5 Å². The third kappa shape index (κ3) is 2.30. The van der Waals surface area contributed by atoms with Gasteiger partial charge in [-0.05, 0) is 13.8 Å². The number of amides is 2. The average molecular weight is 228 g/mol. The minimum atomic E-state index is 0.131. The van der Waals surface area contributed by atoms with Crippen LogP contribution in [0.25, 0.3) is 0 Å². The minimum absolute atomic E-state index is 0.131. The fourth-order valence-corrected chi connectivity index (χ4v) is 2.19. The Labute approximate surface area is 96.3 Å². The highest BCUT2D eigenvalue weighted by atomic mass is 16.5.